The van der Waals surface area contributed by atoms with E-state index in [-0.39, 0.29) is 25.2 Å². The Kier molecular flexibility index (Phi) is 9.81. The number of halogens is 1. The molecule has 0 saturated heterocycles. The van der Waals surface area contributed by atoms with Crippen molar-refractivity contribution >= 4 is 40.9 Å². The smallest absolute Gasteiger partial charge is 0.338 e. The molecule has 1 aliphatic heterocycles. The Bertz CT molecular complexity index is 1380. The van der Waals surface area contributed by atoms with Crippen molar-refractivity contribution in [1.82, 2.24) is 10.2 Å². The van der Waals surface area contributed by atoms with Crippen molar-refractivity contribution in [1.29, 1.82) is 0 Å². The van der Waals surface area contributed by atoms with Gasteiger partial charge in [-0.05, 0) is 60.9 Å². The van der Waals surface area contributed by atoms with Crippen LogP contribution < -0.4 is 15.4 Å². The third kappa shape index (κ3) is 7.01. The lowest BCUT2D eigenvalue weighted by Gasteiger charge is -2.37. The monoisotopic (exact) mass is 561 g/mol. The number of carbonyl (C=O) groups excluding carboxylic acids is 3. The molecule has 0 saturated carbocycles. The molecule has 0 aromatic heterocycles. The van der Waals surface area contributed by atoms with E-state index in [1.54, 1.807) is 60.4 Å². The average Bonchev–Trinajstić information content (AvgIpc) is 2.96. The highest BCUT2D eigenvalue weighted by molar-refractivity contribution is 6.30. The van der Waals surface area contributed by atoms with Gasteiger partial charge in [0.1, 0.15) is 5.75 Å². The first kappa shape index (κ1) is 28.7. The molecule has 0 spiro atoms. The Morgan fingerprint density at radius 1 is 1.00 bits per heavy atom. The lowest BCUT2D eigenvalue weighted by Crippen LogP contribution is -2.48. The second kappa shape index (κ2) is 13.7. The highest BCUT2D eigenvalue weighted by atomic mass is 35.5. The summed E-state index contributed by atoms with van der Waals surface area (Å²) >= 11 is 5.90. The molecule has 0 fully saturated rings. The molecule has 3 aromatic rings. The molecule has 208 valence electrons. The normalized spacial score (nSPS) is 14.9. The predicted octanol–water partition coefficient (Wildman–Crippen LogP) is 6.20. The fraction of sp³-hybridized carbons (Fsp3) is 0.258. The molecule has 2 N–H and O–H groups in total. The third-order valence-electron chi connectivity index (χ3n) is 6.29. The zero-order valence-corrected chi connectivity index (χ0v) is 23.2. The van der Waals surface area contributed by atoms with Crippen LogP contribution in [0.4, 0.5) is 10.5 Å². The fourth-order valence-electron chi connectivity index (χ4n) is 4.44. The van der Waals surface area contributed by atoms with Crippen LogP contribution in [0, 0.1) is 0 Å². The number of ether oxygens (including phenoxy) is 2. The highest BCUT2D eigenvalue weighted by Gasteiger charge is 2.38. The highest BCUT2D eigenvalue weighted by Crippen LogP contribution is 2.37. The van der Waals surface area contributed by atoms with E-state index < -0.39 is 12.0 Å². The number of rotatable bonds is 11. The standard InChI is InChI=1S/C31H32ClN3O5/c1-3-5-18-35-29(21-10-7-6-8-11-21)27(30(37)39-4-2)28(34-31(35)38)22-12-9-13-24(19-22)33-26(36)20-40-25-16-14-23(32)15-17-25/h6-17,19,28H,3-5,18,20H2,1-2H3,(H,33,36)(H,34,38). The van der Waals surface area contributed by atoms with Gasteiger partial charge in [0.25, 0.3) is 5.91 Å². The first-order chi connectivity index (χ1) is 19.4. The van der Waals surface area contributed by atoms with Gasteiger partial charge in [0.05, 0.1) is 23.9 Å². The summed E-state index contributed by atoms with van der Waals surface area (Å²) in [4.78, 5) is 41.1. The largest absolute Gasteiger partial charge is 0.484 e. The number of unbranched alkanes of at least 4 members (excludes halogenated alkanes) is 1. The second-order valence-corrected chi connectivity index (χ2v) is 9.59. The molecule has 1 aliphatic rings. The first-order valence-electron chi connectivity index (χ1n) is 13.2. The molecular weight excluding hydrogens is 530 g/mol. The maximum absolute atomic E-state index is 13.4. The summed E-state index contributed by atoms with van der Waals surface area (Å²) in [6.45, 7) is 4.22. The number of esters is 1. The number of nitrogens with zero attached hydrogens (tertiary/aromatic N) is 1. The van der Waals surface area contributed by atoms with Gasteiger partial charge in [-0.3, -0.25) is 9.69 Å². The number of urea groups is 1. The Labute approximate surface area is 238 Å². The summed E-state index contributed by atoms with van der Waals surface area (Å²) in [6, 6.07) is 22.0. The van der Waals surface area contributed by atoms with Gasteiger partial charge in [-0.15, -0.1) is 0 Å². The van der Waals surface area contributed by atoms with Crippen molar-refractivity contribution in [3.8, 4) is 5.75 Å². The number of anilines is 1. The van der Waals surface area contributed by atoms with Crippen molar-refractivity contribution in [3.63, 3.8) is 0 Å². The molecule has 1 atom stereocenters. The van der Waals surface area contributed by atoms with E-state index in [2.05, 4.69) is 10.6 Å². The topological polar surface area (TPSA) is 97.0 Å². The van der Waals surface area contributed by atoms with Gasteiger partial charge in [0.15, 0.2) is 6.61 Å². The minimum atomic E-state index is -0.790. The molecule has 40 heavy (non-hydrogen) atoms. The number of carbonyl (C=O) groups is 3. The SMILES string of the molecule is CCCCN1C(=O)NC(c2cccc(NC(=O)COc3ccc(Cl)cc3)c2)C(C(=O)OCC)=C1c1ccccc1. The number of hydrogen-bond acceptors (Lipinski definition) is 5. The Morgan fingerprint density at radius 3 is 2.45 bits per heavy atom. The van der Waals surface area contributed by atoms with E-state index in [1.807, 2.05) is 37.3 Å². The van der Waals surface area contributed by atoms with Crippen LogP contribution in [0.3, 0.4) is 0 Å². The molecule has 8 nitrogen and oxygen atoms in total. The minimum Gasteiger partial charge on any atom is -0.484 e. The van der Waals surface area contributed by atoms with Crippen molar-refractivity contribution in [2.45, 2.75) is 32.7 Å². The zero-order chi connectivity index (χ0) is 28.5. The summed E-state index contributed by atoms with van der Waals surface area (Å²) in [5.74, 6) is -0.362. The molecule has 0 radical (unpaired) electrons. The van der Waals surface area contributed by atoms with Crippen LogP contribution in [-0.4, -0.2) is 42.6 Å². The Morgan fingerprint density at radius 2 is 1.75 bits per heavy atom. The quantitative estimate of drug-likeness (QED) is 0.272. The predicted molar refractivity (Wildman–Crippen MR) is 155 cm³/mol. The van der Waals surface area contributed by atoms with Crippen LogP contribution in [0.5, 0.6) is 5.75 Å². The van der Waals surface area contributed by atoms with Crippen molar-refractivity contribution in [2.75, 3.05) is 25.1 Å². The van der Waals surface area contributed by atoms with E-state index in [0.717, 1.165) is 18.4 Å². The molecular formula is C31H32ClN3O5. The number of benzene rings is 3. The van der Waals surface area contributed by atoms with E-state index in [1.165, 1.54) is 0 Å². The van der Waals surface area contributed by atoms with Gasteiger partial charge < -0.3 is 20.1 Å². The summed E-state index contributed by atoms with van der Waals surface area (Å²) in [7, 11) is 0. The second-order valence-electron chi connectivity index (χ2n) is 9.15. The number of nitrogens with one attached hydrogen (secondary N) is 2. The third-order valence-corrected chi connectivity index (χ3v) is 6.54. The van der Waals surface area contributed by atoms with Crippen LogP contribution in [-0.2, 0) is 14.3 Å². The van der Waals surface area contributed by atoms with Crippen molar-refractivity contribution in [3.05, 3.63) is 101 Å². The molecule has 3 amide bonds. The summed E-state index contributed by atoms with van der Waals surface area (Å²) in [6.07, 6.45) is 1.65. The lowest BCUT2D eigenvalue weighted by atomic mass is 9.91. The van der Waals surface area contributed by atoms with Gasteiger partial charge >= 0.3 is 12.0 Å². The molecule has 3 aromatic carbocycles. The Hall–Kier alpha value is -4.30. The zero-order valence-electron chi connectivity index (χ0n) is 22.5. The van der Waals surface area contributed by atoms with E-state index >= 15 is 0 Å². The fourth-order valence-corrected chi connectivity index (χ4v) is 4.57. The van der Waals surface area contributed by atoms with E-state index in [9.17, 15) is 14.4 Å². The average molecular weight is 562 g/mol. The van der Waals surface area contributed by atoms with Gasteiger partial charge in [0.2, 0.25) is 0 Å². The maximum atomic E-state index is 13.4. The van der Waals surface area contributed by atoms with Crippen LogP contribution in [0.1, 0.15) is 43.9 Å². The molecule has 0 bridgehead atoms. The summed E-state index contributed by atoms with van der Waals surface area (Å²) < 4.78 is 11.0. The van der Waals surface area contributed by atoms with Crippen molar-refractivity contribution in [2.24, 2.45) is 0 Å². The van der Waals surface area contributed by atoms with Gasteiger partial charge in [-0.25, -0.2) is 9.59 Å². The van der Waals surface area contributed by atoms with Crippen LogP contribution in [0.25, 0.3) is 5.70 Å². The molecule has 4 rings (SSSR count). The maximum Gasteiger partial charge on any atom is 0.338 e. The van der Waals surface area contributed by atoms with E-state index in [4.69, 9.17) is 21.1 Å². The van der Waals surface area contributed by atoms with Gasteiger partial charge in [-0.2, -0.15) is 0 Å². The number of amides is 3. The van der Waals surface area contributed by atoms with E-state index in [0.29, 0.717) is 39.8 Å². The molecule has 1 heterocycles. The molecule has 0 aliphatic carbocycles. The minimum absolute atomic E-state index is 0.184. The number of hydrogen-bond donors (Lipinski definition) is 2. The Balaban J connectivity index is 1.66. The van der Waals surface area contributed by atoms with Crippen LogP contribution >= 0.6 is 11.6 Å². The van der Waals surface area contributed by atoms with Crippen LogP contribution in [0.2, 0.25) is 5.02 Å². The summed E-state index contributed by atoms with van der Waals surface area (Å²) in [5.41, 5.74) is 2.71. The van der Waals surface area contributed by atoms with Gasteiger partial charge in [0, 0.05) is 17.3 Å². The molecule has 9 heteroatoms. The molecule has 1 unspecified atom stereocenters. The first-order valence-corrected chi connectivity index (χ1v) is 13.6. The van der Waals surface area contributed by atoms with Crippen LogP contribution in [0.15, 0.2) is 84.4 Å². The van der Waals surface area contributed by atoms with Crippen molar-refractivity contribution < 1.29 is 23.9 Å². The summed E-state index contributed by atoms with van der Waals surface area (Å²) in [5, 5.41) is 6.38. The van der Waals surface area contributed by atoms with Gasteiger partial charge in [-0.1, -0.05) is 67.4 Å². The lowest BCUT2D eigenvalue weighted by molar-refractivity contribution is -0.139.